The highest BCUT2D eigenvalue weighted by Crippen LogP contribution is 2.51. The minimum absolute atomic E-state index is 0.0458. The molecular weight excluding hydrogens is 356 g/mol. The van der Waals surface area contributed by atoms with Gasteiger partial charge in [-0.05, 0) is 40.0 Å². The molecule has 0 aromatic heterocycles. The van der Waals surface area contributed by atoms with E-state index in [1.54, 1.807) is 6.08 Å². The van der Waals surface area contributed by atoms with Crippen molar-refractivity contribution in [1.29, 1.82) is 0 Å². The molecule has 0 aromatic rings. The molecule has 140 valence electrons. The van der Waals surface area contributed by atoms with Gasteiger partial charge in [-0.1, -0.05) is 38.5 Å². The largest absolute Gasteiger partial charge is 0.810 e. The van der Waals surface area contributed by atoms with Gasteiger partial charge in [0.2, 0.25) is 5.91 Å². The first-order valence-corrected chi connectivity index (χ1v) is 10.7. The molecule has 0 fully saturated rings. The van der Waals surface area contributed by atoms with Gasteiger partial charge in [-0.3, -0.25) is 4.79 Å². The van der Waals surface area contributed by atoms with Crippen LogP contribution in [0.25, 0.3) is 0 Å². The summed E-state index contributed by atoms with van der Waals surface area (Å²) in [6, 6.07) is 0. The highest BCUT2D eigenvalue weighted by molar-refractivity contribution is 7.68. The molecule has 10 heteroatoms. The molecule has 0 bridgehead atoms. The smallest absolute Gasteiger partial charge is 0.223 e. The van der Waals surface area contributed by atoms with E-state index < -0.39 is 32.9 Å². The fourth-order valence-electron chi connectivity index (χ4n) is 1.86. The van der Waals surface area contributed by atoms with E-state index in [4.69, 9.17) is 0 Å². The minimum atomic E-state index is -5.57. The van der Waals surface area contributed by atoms with Gasteiger partial charge >= 0.3 is 0 Å². The Balaban J connectivity index is 4.33. The molecule has 24 heavy (non-hydrogen) atoms. The number of hydrogen-bond acceptors (Lipinski definition) is 7. The van der Waals surface area contributed by atoms with Crippen molar-refractivity contribution in [3.63, 3.8) is 0 Å². The highest BCUT2D eigenvalue weighted by atomic mass is 31.2. The van der Waals surface area contributed by atoms with Gasteiger partial charge in [-0.25, -0.2) is 0 Å². The summed E-state index contributed by atoms with van der Waals surface area (Å²) in [5.74, 6) is -0.450. The Hall–Kier alpha value is -0.750. The maximum atomic E-state index is 11.6. The predicted octanol–water partition coefficient (Wildman–Crippen LogP) is -0.271. The van der Waals surface area contributed by atoms with Gasteiger partial charge in [0.05, 0.1) is 0 Å². The van der Waals surface area contributed by atoms with Gasteiger partial charge in [0.15, 0.2) is 0 Å². The van der Waals surface area contributed by atoms with Crippen LogP contribution in [0.15, 0.2) is 23.3 Å². The topological polar surface area (TPSA) is 155 Å². The van der Waals surface area contributed by atoms with Crippen molar-refractivity contribution < 1.29 is 33.5 Å². The first-order chi connectivity index (χ1) is 10.8. The lowest BCUT2D eigenvalue weighted by Crippen LogP contribution is -2.36. The Bertz CT molecular complexity index is 548. The van der Waals surface area contributed by atoms with Gasteiger partial charge in [0, 0.05) is 18.4 Å². The molecule has 0 unspecified atom stereocenters. The zero-order valence-corrected chi connectivity index (χ0v) is 15.8. The van der Waals surface area contributed by atoms with E-state index in [1.165, 1.54) is 5.57 Å². The molecule has 0 aliphatic rings. The van der Waals surface area contributed by atoms with Gasteiger partial charge in [0.1, 0.15) is 0 Å². The van der Waals surface area contributed by atoms with Crippen LogP contribution < -0.4 is 24.9 Å². The van der Waals surface area contributed by atoms with Gasteiger partial charge < -0.3 is 34.0 Å². The minimum Gasteiger partial charge on any atom is -0.810 e. The lowest BCUT2D eigenvalue weighted by molar-refractivity contribution is -0.330. The molecule has 0 atom stereocenters. The lowest BCUT2D eigenvalue weighted by Gasteiger charge is -2.49. The summed E-state index contributed by atoms with van der Waals surface area (Å²) in [5, 5.41) is -0.242. The molecule has 0 heterocycles. The first kappa shape index (κ1) is 23.2. The van der Waals surface area contributed by atoms with Crippen LogP contribution in [0.1, 0.15) is 46.5 Å². The van der Waals surface area contributed by atoms with Crippen LogP contribution in [0.3, 0.4) is 0 Å². The monoisotopic (exact) mass is 379 g/mol. The molecule has 0 spiro atoms. The molecule has 0 aliphatic heterocycles. The molecule has 0 saturated heterocycles. The summed E-state index contributed by atoms with van der Waals surface area (Å²) in [4.78, 5) is 54.8. The molecule has 0 aliphatic carbocycles. The molecule has 1 N–H and O–H groups in total. The average molecular weight is 379 g/mol. The van der Waals surface area contributed by atoms with Crippen molar-refractivity contribution in [2.45, 2.75) is 51.9 Å². The number of rotatable bonds is 10. The summed E-state index contributed by atoms with van der Waals surface area (Å²) < 4.78 is 21.6. The molecule has 0 aromatic carbocycles. The molecule has 0 saturated carbocycles. The SMILES string of the molecule is CC(C)=CCC/C(C)=C\CC(=O)NCCC(P(=O)([O-])[O-])P(=O)([O-])[O-]. The van der Waals surface area contributed by atoms with Crippen molar-refractivity contribution >= 4 is 21.1 Å². The summed E-state index contributed by atoms with van der Waals surface area (Å²) >= 11 is 0. The Morgan fingerprint density at radius 1 is 1.04 bits per heavy atom. The van der Waals surface area contributed by atoms with Crippen molar-refractivity contribution in [1.82, 2.24) is 5.32 Å². The predicted molar refractivity (Wildman–Crippen MR) is 83.7 cm³/mol. The molecule has 0 radical (unpaired) electrons. The van der Waals surface area contributed by atoms with E-state index in [2.05, 4.69) is 11.4 Å². The second kappa shape index (κ2) is 10.3. The Kier molecular flexibility index (Phi) is 9.97. The van der Waals surface area contributed by atoms with Crippen molar-refractivity contribution in [2.75, 3.05) is 6.54 Å². The van der Waals surface area contributed by atoms with E-state index in [0.29, 0.717) is 0 Å². The van der Waals surface area contributed by atoms with E-state index in [0.717, 1.165) is 18.4 Å². The average Bonchev–Trinajstić information content (AvgIpc) is 2.38. The number of carbonyl (C=O) groups excluding carboxylic acids is 1. The molecule has 8 nitrogen and oxygen atoms in total. The van der Waals surface area contributed by atoms with Crippen LogP contribution in [0.5, 0.6) is 0 Å². The van der Waals surface area contributed by atoms with E-state index in [-0.39, 0.29) is 13.0 Å². The van der Waals surface area contributed by atoms with Crippen LogP contribution >= 0.6 is 15.2 Å². The summed E-state index contributed by atoms with van der Waals surface area (Å²) in [7, 11) is -11.1. The van der Waals surface area contributed by atoms with E-state index in [9.17, 15) is 33.5 Å². The summed E-state index contributed by atoms with van der Waals surface area (Å²) in [6.45, 7) is 5.48. The third kappa shape index (κ3) is 10.9. The second-order valence-corrected chi connectivity index (χ2v) is 9.59. The normalized spacial score (nSPS) is 13.1. The quantitative estimate of drug-likeness (QED) is 0.404. The number of nitrogens with one attached hydrogen (secondary N) is 1. The zero-order chi connectivity index (χ0) is 19.0. The fourth-order valence-corrected chi connectivity index (χ4v) is 4.14. The maximum absolute atomic E-state index is 11.6. The summed E-state index contributed by atoms with van der Waals surface area (Å²) in [6.07, 6.45) is 4.74. The third-order valence-electron chi connectivity index (χ3n) is 3.18. The zero-order valence-electron chi connectivity index (χ0n) is 14.0. The molecule has 0 rings (SSSR count). The first-order valence-electron chi connectivity index (χ1n) is 7.43. The maximum Gasteiger partial charge on any atom is 0.223 e. The van der Waals surface area contributed by atoms with E-state index >= 15 is 0 Å². The van der Waals surface area contributed by atoms with Crippen molar-refractivity contribution in [3.8, 4) is 0 Å². The van der Waals surface area contributed by atoms with Crippen LogP contribution in [0.2, 0.25) is 0 Å². The Labute approximate surface area is 142 Å². The standard InChI is InChI=1S/C14H27NO7P2/c1-11(2)5-4-6-12(3)7-8-13(16)15-10-9-14(23(17,18)19)24(20,21)22/h5,7,14H,4,6,8-10H2,1-3H3,(H,15,16)(H2,17,18,19)(H2,20,21,22)/p-4/b12-7-. The molecular formula is C14H23NO7P2-4. The Morgan fingerprint density at radius 2 is 1.58 bits per heavy atom. The van der Waals surface area contributed by atoms with Gasteiger partial charge in [0.25, 0.3) is 0 Å². The second-order valence-electron chi connectivity index (χ2n) is 5.77. The summed E-state index contributed by atoms with van der Waals surface area (Å²) in [5.41, 5.74) is 2.21. The third-order valence-corrected chi connectivity index (χ3v) is 6.86. The lowest BCUT2D eigenvalue weighted by atomic mass is 10.1. The number of amides is 1. The van der Waals surface area contributed by atoms with Gasteiger partial charge in [-0.15, -0.1) is 0 Å². The fraction of sp³-hybridized carbons (Fsp3) is 0.643. The van der Waals surface area contributed by atoms with Crippen LogP contribution in [-0.4, -0.2) is 17.9 Å². The number of allylic oxidation sites excluding steroid dienone is 3. The Morgan fingerprint density at radius 3 is 2.04 bits per heavy atom. The van der Waals surface area contributed by atoms with Crippen molar-refractivity contribution in [2.24, 2.45) is 0 Å². The molecule has 1 amide bonds. The van der Waals surface area contributed by atoms with Crippen molar-refractivity contribution in [3.05, 3.63) is 23.3 Å². The van der Waals surface area contributed by atoms with Gasteiger partial charge in [-0.2, -0.15) is 0 Å². The van der Waals surface area contributed by atoms with Crippen LogP contribution in [-0.2, 0) is 13.9 Å². The number of hydrogen-bond donors (Lipinski definition) is 1. The number of carbonyl (C=O) groups is 1. The van der Waals surface area contributed by atoms with Crippen LogP contribution in [0.4, 0.5) is 0 Å². The highest BCUT2D eigenvalue weighted by Gasteiger charge is 2.17. The van der Waals surface area contributed by atoms with Crippen LogP contribution in [0, 0.1) is 0 Å². The van der Waals surface area contributed by atoms with E-state index in [1.807, 2.05) is 20.8 Å².